The van der Waals surface area contributed by atoms with Crippen LogP contribution in [0.4, 0.5) is 10.1 Å². The standard InChI is InChI=1S/C26H31FN4O2/c1-4-10-24(31-15-8-7-9-16-31)22(5-2)30-26(32)25-21(28)13-14-23(29-25)19-17-18(33-6-3)11-12-20(19)27/h4-5,10-14,17H,2,6-9,15-16,28H2,1,3H3,(H,30,32)/b10-4-,24-22-. The molecule has 3 rings (SSSR count). The minimum Gasteiger partial charge on any atom is -0.494 e. The summed E-state index contributed by atoms with van der Waals surface area (Å²) in [6.07, 6.45) is 8.91. The minimum absolute atomic E-state index is 0.0199. The van der Waals surface area contributed by atoms with Crippen molar-refractivity contribution < 1.29 is 13.9 Å². The molecule has 33 heavy (non-hydrogen) atoms. The van der Waals surface area contributed by atoms with E-state index in [0.717, 1.165) is 31.6 Å². The maximum absolute atomic E-state index is 14.5. The second-order valence-electron chi connectivity index (χ2n) is 7.71. The zero-order chi connectivity index (χ0) is 23.8. The normalized spacial score (nSPS) is 14.7. The number of likely N-dealkylation sites (tertiary alicyclic amines) is 1. The highest BCUT2D eigenvalue weighted by Gasteiger charge is 2.19. The van der Waals surface area contributed by atoms with Gasteiger partial charge in [-0.15, -0.1) is 0 Å². The number of aromatic nitrogens is 1. The topological polar surface area (TPSA) is 80.5 Å². The molecule has 1 fully saturated rings. The second kappa shape index (κ2) is 11.3. The number of allylic oxidation sites excluding steroid dienone is 3. The molecule has 0 radical (unpaired) electrons. The monoisotopic (exact) mass is 450 g/mol. The van der Waals surface area contributed by atoms with Crippen molar-refractivity contribution in [2.24, 2.45) is 0 Å². The summed E-state index contributed by atoms with van der Waals surface area (Å²) >= 11 is 0. The lowest BCUT2D eigenvalue weighted by Gasteiger charge is -2.31. The average Bonchev–Trinajstić information content (AvgIpc) is 2.83. The van der Waals surface area contributed by atoms with E-state index in [1.165, 1.54) is 12.5 Å². The number of nitrogens with zero attached hydrogens (tertiary/aromatic N) is 2. The summed E-state index contributed by atoms with van der Waals surface area (Å²) in [6.45, 7) is 9.95. The van der Waals surface area contributed by atoms with Crippen LogP contribution in [-0.4, -0.2) is 35.5 Å². The molecule has 2 heterocycles. The largest absolute Gasteiger partial charge is 0.494 e. The van der Waals surface area contributed by atoms with Crippen LogP contribution in [0.5, 0.6) is 5.75 Å². The Hall–Kier alpha value is -3.61. The van der Waals surface area contributed by atoms with Crippen molar-refractivity contribution in [3.05, 3.63) is 78.0 Å². The van der Waals surface area contributed by atoms with Crippen LogP contribution in [0.25, 0.3) is 11.3 Å². The van der Waals surface area contributed by atoms with Gasteiger partial charge in [-0.05, 0) is 75.6 Å². The molecule has 0 atom stereocenters. The summed E-state index contributed by atoms with van der Waals surface area (Å²) in [6, 6.07) is 7.58. The van der Waals surface area contributed by atoms with Crippen molar-refractivity contribution in [2.75, 3.05) is 25.4 Å². The molecule has 0 saturated carbocycles. The van der Waals surface area contributed by atoms with Crippen LogP contribution in [0, 0.1) is 5.82 Å². The zero-order valence-electron chi connectivity index (χ0n) is 19.2. The third-order valence-electron chi connectivity index (χ3n) is 5.42. The number of rotatable bonds is 8. The summed E-state index contributed by atoms with van der Waals surface area (Å²) in [5.74, 6) is -0.424. The van der Waals surface area contributed by atoms with Gasteiger partial charge in [-0.25, -0.2) is 9.37 Å². The van der Waals surface area contributed by atoms with E-state index in [4.69, 9.17) is 10.5 Å². The zero-order valence-corrected chi connectivity index (χ0v) is 19.2. The van der Waals surface area contributed by atoms with Crippen molar-refractivity contribution in [1.82, 2.24) is 15.2 Å². The van der Waals surface area contributed by atoms with E-state index in [1.54, 1.807) is 30.3 Å². The van der Waals surface area contributed by atoms with E-state index in [0.29, 0.717) is 23.7 Å². The minimum atomic E-state index is -0.482. The molecule has 1 amide bonds. The van der Waals surface area contributed by atoms with E-state index in [2.05, 4.69) is 21.8 Å². The van der Waals surface area contributed by atoms with Crippen LogP contribution < -0.4 is 15.8 Å². The second-order valence-corrected chi connectivity index (χ2v) is 7.71. The molecular formula is C26H31FN4O2. The summed E-state index contributed by atoms with van der Waals surface area (Å²) in [7, 11) is 0. The fraction of sp³-hybridized carbons (Fsp3) is 0.308. The number of hydrogen-bond acceptors (Lipinski definition) is 5. The lowest BCUT2D eigenvalue weighted by atomic mass is 10.1. The summed E-state index contributed by atoms with van der Waals surface area (Å²) in [5.41, 5.74) is 8.29. The number of halogens is 1. The number of piperidine rings is 1. The molecule has 3 N–H and O–H groups in total. The molecule has 1 aliphatic heterocycles. The quantitative estimate of drug-likeness (QED) is 0.550. The van der Waals surface area contributed by atoms with Crippen LogP contribution in [0.2, 0.25) is 0 Å². The molecule has 1 aliphatic rings. The highest BCUT2D eigenvalue weighted by Crippen LogP contribution is 2.27. The van der Waals surface area contributed by atoms with E-state index < -0.39 is 11.7 Å². The Bertz CT molecular complexity index is 1070. The van der Waals surface area contributed by atoms with Crippen molar-refractivity contribution in [1.29, 1.82) is 0 Å². The van der Waals surface area contributed by atoms with Crippen LogP contribution in [-0.2, 0) is 0 Å². The number of pyridine rings is 1. The predicted octanol–water partition coefficient (Wildman–Crippen LogP) is 5.06. The Morgan fingerprint density at radius 2 is 2.03 bits per heavy atom. The number of ether oxygens (including phenoxy) is 1. The van der Waals surface area contributed by atoms with Gasteiger partial charge in [0.05, 0.1) is 29.4 Å². The third kappa shape index (κ3) is 5.80. The Kier molecular flexibility index (Phi) is 8.24. The van der Waals surface area contributed by atoms with Crippen molar-refractivity contribution in [3.8, 4) is 17.0 Å². The first kappa shape index (κ1) is 24.0. The number of carbonyl (C=O) groups is 1. The van der Waals surface area contributed by atoms with E-state index in [-0.39, 0.29) is 16.9 Å². The Morgan fingerprint density at radius 1 is 1.27 bits per heavy atom. The number of nitrogens with one attached hydrogen (secondary N) is 1. The van der Waals surface area contributed by atoms with Crippen LogP contribution in [0.3, 0.4) is 0 Å². The summed E-state index contributed by atoms with van der Waals surface area (Å²) in [5, 5.41) is 2.90. The number of anilines is 1. The number of nitrogens with two attached hydrogens (primary N) is 1. The molecule has 0 spiro atoms. The molecule has 0 unspecified atom stereocenters. The Morgan fingerprint density at radius 3 is 2.70 bits per heavy atom. The molecule has 1 aromatic heterocycles. The number of carbonyl (C=O) groups excluding carboxylic acids is 1. The number of benzene rings is 1. The highest BCUT2D eigenvalue weighted by molar-refractivity contribution is 5.99. The first-order valence-corrected chi connectivity index (χ1v) is 11.2. The smallest absolute Gasteiger partial charge is 0.276 e. The molecule has 174 valence electrons. The van der Waals surface area contributed by atoms with Gasteiger partial charge >= 0.3 is 0 Å². The van der Waals surface area contributed by atoms with Gasteiger partial charge in [0.2, 0.25) is 0 Å². The lowest BCUT2D eigenvalue weighted by Crippen LogP contribution is -2.33. The van der Waals surface area contributed by atoms with Gasteiger partial charge in [0, 0.05) is 18.7 Å². The van der Waals surface area contributed by atoms with Crippen molar-refractivity contribution >= 4 is 11.6 Å². The van der Waals surface area contributed by atoms with E-state index in [1.807, 2.05) is 26.0 Å². The van der Waals surface area contributed by atoms with Gasteiger partial charge in [0.15, 0.2) is 5.69 Å². The molecular weight excluding hydrogens is 419 g/mol. The molecule has 2 aromatic rings. The van der Waals surface area contributed by atoms with Gasteiger partial charge < -0.3 is 20.7 Å². The van der Waals surface area contributed by atoms with Gasteiger partial charge in [-0.2, -0.15) is 0 Å². The summed E-state index contributed by atoms with van der Waals surface area (Å²) in [4.78, 5) is 19.8. The highest BCUT2D eigenvalue weighted by atomic mass is 19.1. The van der Waals surface area contributed by atoms with Crippen molar-refractivity contribution in [3.63, 3.8) is 0 Å². The fourth-order valence-corrected chi connectivity index (χ4v) is 3.82. The van der Waals surface area contributed by atoms with Gasteiger partial charge in [0.1, 0.15) is 11.6 Å². The maximum atomic E-state index is 14.5. The molecule has 1 aromatic carbocycles. The molecule has 1 saturated heterocycles. The number of nitrogen functional groups attached to an aromatic ring is 1. The maximum Gasteiger partial charge on any atom is 0.276 e. The Balaban J connectivity index is 1.95. The SMILES string of the molecule is C=C/C(NC(=O)c1nc(-c2cc(OCC)ccc2F)ccc1N)=C(\C=C/C)N1CCCCC1. The molecule has 0 bridgehead atoms. The fourth-order valence-electron chi connectivity index (χ4n) is 3.82. The average molecular weight is 451 g/mol. The third-order valence-corrected chi connectivity index (χ3v) is 5.42. The van der Waals surface area contributed by atoms with Gasteiger partial charge in [-0.3, -0.25) is 4.79 Å². The van der Waals surface area contributed by atoms with E-state index in [9.17, 15) is 9.18 Å². The first-order valence-electron chi connectivity index (χ1n) is 11.2. The first-order chi connectivity index (χ1) is 16.0. The molecule has 0 aliphatic carbocycles. The summed E-state index contributed by atoms with van der Waals surface area (Å²) < 4.78 is 20.0. The molecule has 6 nitrogen and oxygen atoms in total. The number of hydrogen-bond donors (Lipinski definition) is 2. The molecule has 7 heteroatoms. The van der Waals surface area contributed by atoms with E-state index >= 15 is 0 Å². The van der Waals surface area contributed by atoms with Crippen LogP contribution in [0.1, 0.15) is 43.6 Å². The van der Waals surface area contributed by atoms with Crippen molar-refractivity contribution in [2.45, 2.75) is 33.1 Å². The van der Waals surface area contributed by atoms with Gasteiger partial charge in [-0.1, -0.05) is 12.7 Å². The lowest BCUT2D eigenvalue weighted by molar-refractivity contribution is 0.0962. The van der Waals surface area contributed by atoms with Gasteiger partial charge in [0.25, 0.3) is 5.91 Å². The van der Waals surface area contributed by atoms with Crippen LogP contribution in [0.15, 0.2) is 66.5 Å². The predicted molar refractivity (Wildman–Crippen MR) is 130 cm³/mol. The Labute approximate surface area is 194 Å². The number of amides is 1. The van der Waals surface area contributed by atoms with Crippen LogP contribution >= 0.6 is 0 Å².